The van der Waals surface area contributed by atoms with E-state index in [1.54, 1.807) is 6.08 Å². The number of rotatable bonds is 9. The maximum atomic E-state index is 11.5. The third-order valence-corrected chi connectivity index (χ3v) is 3.31. The summed E-state index contributed by atoms with van der Waals surface area (Å²) in [7, 11) is 0. The first-order valence-corrected chi connectivity index (χ1v) is 6.81. The van der Waals surface area contributed by atoms with Gasteiger partial charge in [-0.3, -0.25) is 9.59 Å². The first-order chi connectivity index (χ1) is 9.56. The number of allylic oxidation sites excluding steroid dienone is 1. The number of hydrogen-bond acceptors (Lipinski definition) is 3. The molecule has 0 saturated heterocycles. The third-order valence-electron chi connectivity index (χ3n) is 3.31. The van der Waals surface area contributed by atoms with Gasteiger partial charge in [0, 0.05) is 6.61 Å². The molecule has 0 aliphatic heterocycles. The Kier molecular flexibility index (Phi) is 6.88. The van der Waals surface area contributed by atoms with Crippen molar-refractivity contribution < 1.29 is 14.3 Å². The lowest BCUT2D eigenvalue weighted by molar-refractivity contribution is -0.132. The van der Waals surface area contributed by atoms with E-state index in [-0.39, 0.29) is 17.5 Å². The molecule has 1 rings (SSSR count). The highest BCUT2D eigenvalue weighted by atomic mass is 16.5. The minimum atomic E-state index is -0.590. The molecule has 0 heterocycles. The van der Waals surface area contributed by atoms with E-state index in [4.69, 9.17) is 4.74 Å². The minimum Gasteiger partial charge on any atom is -0.377 e. The summed E-state index contributed by atoms with van der Waals surface area (Å²) >= 11 is 0. The molecule has 1 aromatic carbocycles. The van der Waals surface area contributed by atoms with Gasteiger partial charge < -0.3 is 4.74 Å². The molecule has 0 fully saturated rings. The predicted molar refractivity (Wildman–Crippen MR) is 79.3 cm³/mol. The second-order valence-corrected chi connectivity index (χ2v) is 4.93. The van der Waals surface area contributed by atoms with Crippen LogP contribution in [0.4, 0.5) is 0 Å². The maximum absolute atomic E-state index is 11.5. The first-order valence-electron chi connectivity index (χ1n) is 6.81. The fourth-order valence-electron chi connectivity index (χ4n) is 2.29. The Morgan fingerprint density at radius 1 is 1.20 bits per heavy atom. The Morgan fingerprint density at radius 3 is 2.30 bits per heavy atom. The second-order valence-electron chi connectivity index (χ2n) is 4.93. The van der Waals surface area contributed by atoms with Gasteiger partial charge >= 0.3 is 0 Å². The Bertz CT molecular complexity index is 437. The van der Waals surface area contributed by atoms with Crippen molar-refractivity contribution in [3.8, 4) is 0 Å². The van der Waals surface area contributed by atoms with Gasteiger partial charge in [-0.05, 0) is 31.7 Å². The molecule has 0 unspecified atom stereocenters. The van der Waals surface area contributed by atoms with E-state index in [0.29, 0.717) is 19.6 Å². The molecule has 0 spiro atoms. The summed E-state index contributed by atoms with van der Waals surface area (Å²) in [6, 6.07) is 9.89. The normalized spacial score (nSPS) is 12.2. The van der Waals surface area contributed by atoms with Crippen LogP contribution in [-0.4, -0.2) is 18.2 Å². The van der Waals surface area contributed by atoms with Crippen molar-refractivity contribution in [1.29, 1.82) is 0 Å². The maximum Gasteiger partial charge on any atom is 0.140 e. The van der Waals surface area contributed by atoms with Crippen LogP contribution < -0.4 is 0 Å². The number of ether oxygens (including phenoxy) is 1. The van der Waals surface area contributed by atoms with Crippen LogP contribution in [0, 0.1) is 11.8 Å². The number of hydrogen-bond donors (Lipinski definition) is 0. The van der Waals surface area contributed by atoms with Crippen molar-refractivity contribution in [3.05, 3.63) is 48.6 Å². The smallest absolute Gasteiger partial charge is 0.140 e. The minimum absolute atomic E-state index is 0.106. The highest BCUT2D eigenvalue weighted by Crippen LogP contribution is 2.20. The van der Waals surface area contributed by atoms with Crippen LogP contribution >= 0.6 is 0 Å². The third kappa shape index (κ3) is 5.10. The van der Waals surface area contributed by atoms with Gasteiger partial charge in [-0.2, -0.15) is 0 Å². The van der Waals surface area contributed by atoms with E-state index in [1.807, 2.05) is 30.3 Å². The summed E-state index contributed by atoms with van der Waals surface area (Å²) in [5, 5.41) is 0. The zero-order chi connectivity index (χ0) is 15.0. The summed E-state index contributed by atoms with van der Waals surface area (Å²) in [6.45, 7) is 7.67. The van der Waals surface area contributed by atoms with Gasteiger partial charge in [0.15, 0.2) is 0 Å². The van der Waals surface area contributed by atoms with Crippen molar-refractivity contribution >= 4 is 11.6 Å². The lowest BCUT2D eigenvalue weighted by Gasteiger charge is -2.19. The zero-order valence-electron chi connectivity index (χ0n) is 12.2. The topological polar surface area (TPSA) is 43.4 Å². The molecule has 3 heteroatoms. The van der Waals surface area contributed by atoms with Crippen LogP contribution in [0.15, 0.2) is 43.0 Å². The van der Waals surface area contributed by atoms with Crippen molar-refractivity contribution in [3.63, 3.8) is 0 Å². The van der Waals surface area contributed by atoms with Crippen LogP contribution in [0.1, 0.15) is 25.8 Å². The largest absolute Gasteiger partial charge is 0.377 e. The van der Waals surface area contributed by atoms with Crippen LogP contribution in [0.2, 0.25) is 0 Å². The van der Waals surface area contributed by atoms with Gasteiger partial charge in [0.05, 0.1) is 12.5 Å². The number of carbonyl (C=O) groups is 2. The van der Waals surface area contributed by atoms with Crippen molar-refractivity contribution in [2.75, 3.05) is 6.61 Å². The summed E-state index contributed by atoms with van der Waals surface area (Å²) in [5.41, 5.74) is 1.11. The average molecular weight is 274 g/mol. The lowest BCUT2D eigenvalue weighted by Crippen LogP contribution is -2.28. The molecule has 0 aliphatic carbocycles. The summed E-state index contributed by atoms with van der Waals surface area (Å²) in [5.74, 6) is -0.954. The fraction of sp³-hybridized carbons (Fsp3) is 0.412. The molecule has 0 amide bonds. The van der Waals surface area contributed by atoms with E-state index in [9.17, 15) is 9.59 Å². The van der Waals surface area contributed by atoms with E-state index in [1.165, 1.54) is 13.8 Å². The van der Waals surface area contributed by atoms with Gasteiger partial charge in [-0.25, -0.2) is 0 Å². The van der Waals surface area contributed by atoms with Crippen molar-refractivity contribution in [1.82, 2.24) is 0 Å². The molecule has 0 radical (unpaired) electrons. The first kappa shape index (κ1) is 16.3. The molecular weight excluding hydrogens is 252 g/mol. The highest BCUT2D eigenvalue weighted by Gasteiger charge is 2.27. The highest BCUT2D eigenvalue weighted by molar-refractivity contribution is 6.00. The molecular formula is C17H22O3. The van der Waals surface area contributed by atoms with Gasteiger partial charge in [-0.1, -0.05) is 36.4 Å². The molecule has 108 valence electrons. The van der Waals surface area contributed by atoms with Crippen molar-refractivity contribution in [2.24, 2.45) is 11.8 Å². The molecule has 0 bridgehead atoms. The summed E-state index contributed by atoms with van der Waals surface area (Å²) in [6.07, 6.45) is 2.31. The molecule has 0 N–H and O–H groups in total. The average Bonchev–Trinajstić information content (AvgIpc) is 2.42. The molecule has 1 atom stereocenters. The molecule has 0 aliphatic rings. The van der Waals surface area contributed by atoms with Gasteiger partial charge in [0.2, 0.25) is 0 Å². The van der Waals surface area contributed by atoms with Crippen LogP contribution in [0.5, 0.6) is 0 Å². The molecule has 3 nitrogen and oxygen atoms in total. The SMILES string of the molecule is C=C[C@H](CCOCc1ccccc1)C(C(C)=O)C(C)=O. The molecule has 0 aromatic heterocycles. The second kappa shape index (κ2) is 8.43. The monoisotopic (exact) mass is 274 g/mol. The Morgan fingerprint density at radius 2 is 1.80 bits per heavy atom. The number of benzene rings is 1. The van der Waals surface area contributed by atoms with E-state index >= 15 is 0 Å². The van der Waals surface area contributed by atoms with Gasteiger partial charge in [0.1, 0.15) is 11.6 Å². The zero-order valence-corrected chi connectivity index (χ0v) is 12.2. The van der Waals surface area contributed by atoms with Gasteiger partial charge in [-0.15, -0.1) is 6.58 Å². The Hall–Kier alpha value is -1.74. The van der Waals surface area contributed by atoms with E-state index in [0.717, 1.165) is 5.56 Å². The standard InChI is InChI=1S/C17H22O3/c1-4-16(17(13(2)18)14(3)19)10-11-20-12-15-8-6-5-7-9-15/h4-9,16-17H,1,10-12H2,2-3H3/t16-/m1/s1. The van der Waals surface area contributed by atoms with Gasteiger partial charge in [0.25, 0.3) is 0 Å². The predicted octanol–water partition coefficient (Wildman–Crippen LogP) is 3.19. The molecule has 20 heavy (non-hydrogen) atoms. The quantitative estimate of drug-likeness (QED) is 0.394. The van der Waals surface area contributed by atoms with E-state index < -0.39 is 5.92 Å². The Balaban J connectivity index is 2.43. The van der Waals surface area contributed by atoms with Crippen LogP contribution in [-0.2, 0) is 20.9 Å². The molecule has 0 saturated carbocycles. The Labute approximate surface area is 120 Å². The number of ketones is 2. The lowest BCUT2D eigenvalue weighted by atomic mass is 9.84. The van der Waals surface area contributed by atoms with Crippen LogP contribution in [0.25, 0.3) is 0 Å². The summed E-state index contributed by atoms with van der Waals surface area (Å²) in [4.78, 5) is 23.1. The van der Waals surface area contributed by atoms with Crippen molar-refractivity contribution in [2.45, 2.75) is 26.9 Å². The number of Topliss-reactive ketones (excluding diaryl/α,β-unsaturated/α-hetero) is 2. The fourth-order valence-corrected chi connectivity index (χ4v) is 2.29. The summed E-state index contributed by atoms with van der Waals surface area (Å²) < 4.78 is 5.59. The molecule has 1 aromatic rings. The van der Waals surface area contributed by atoms with E-state index in [2.05, 4.69) is 6.58 Å². The number of carbonyl (C=O) groups excluding carboxylic acids is 2. The van der Waals surface area contributed by atoms with Crippen LogP contribution in [0.3, 0.4) is 0 Å².